The van der Waals surface area contributed by atoms with E-state index in [2.05, 4.69) is 15.6 Å². The molecule has 0 spiro atoms. The third-order valence-electron chi connectivity index (χ3n) is 6.79. The average Bonchev–Trinajstić information content (AvgIpc) is 3.15. The number of aromatic nitrogens is 2. The maximum atomic E-state index is 13.5. The zero-order valence-corrected chi connectivity index (χ0v) is 19.9. The monoisotopic (exact) mass is 485 g/mol. The van der Waals surface area contributed by atoms with Crippen LogP contribution in [0.5, 0.6) is 5.75 Å². The molecule has 1 aliphatic heterocycles. The van der Waals surface area contributed by atoms with Crippen LogP contribution in [0, 0.1) is 18.7 Å². The fourth-order valence-corrected chi connectivity index (χ4v) is 4.91. The second kappa shape index (κ2) is 9.12. The minimum atomic E-state index is -1.11. The predicted molar refractivity (Wildman–Crippen MR) is 123 cm³/mol. The second-order valence-electron chi connectivity index (χ2n) is 9.49. The summed E-state index contributed by atoms with van der Waals surface area (Å²) in [5.41, 5.74) is -1.30. The number of benzene rings is 1. The minimum Gasteiger partial charge on any atom is -0.501 e. The highest BCUT2D eigenvalue weighted by Gasteiger charge is 2.48. The van der Waals surface area contributed by atoms with Crippen molar-refractivity contribution < 1.29 is 23.9 Å². The molecule has 2 aromatic rings. The number of aryl methyl sites for hydroxylation is 1. The lowest BCUT2D eigenvalue weighted by molar-refractivity contribution is -0.145. The summed E-state index contributed by atoms with van der Waals surface area (Å²) < 4.78 is 14.8. The number of amides is 3. The highest BCUT2D eigenvalue weighted by molar-refractivity contribution is 6.35. The van der Waals surface area contributed by atoms with Gasteiger partial charge in [-0.05, 0) is 55.7 Å². The van der Waals surface area contributed by atoms with E-state index in [1.165, 1.54) is 30.8 Å². The van der Waals surface area contributed by atoms with E-state index in [1.54, 1.807) is 13.0 Å². The van der Waals surface area contributed by atoms with Crippen LogP contribution in [0.2, 0.25) is 0 Å². The third kappa shape index (κ3) is 4.50. The molecule has 1 aliphatic carbocycles. The van der Waals surface area contributed by atoms with E-state index in [4.69, 9.17) is 0 Å². The highest BCUT2D eigenvalue weighted by atomic mass is 19.1. The van der Waals surface area contributed by atoms with Crippen molar-refractivity contribution >= 4 is 17.7 Å². The van der Waals surface area contributed by atoms with Crippen LogP contribution in [-0.2, 0) is 28.2 Å². The standard InChI is InChI=1S/C24H28FN5O5/c1-13-10-15(4-5-16(13)25)12-26-19(32)17-18(31)21(34)30-9-7-14-6-8-24(11-14,23(30)27-17)28-20(33)22(35)29(2)3/h4-5,10,14,31H,6-9,11-12H2,1-3H3,(H,26,32)(H,28,33)/t14-,24+/m0/s1. The Bertz CT molecular complexity index is 1270. The lowest BCUT2D eigenvalue weighted by Crippen LogP contribution is -2.52. The summed E-state index contributed by atoms with van der Waals surface area (Å²) in [6.07, 6.45) is 2.31. The third-order valence-corrected chi connectivity index (χ3v) is 6.79. The number of halogens is 1. The summed E-state index contributed by atoms with van der Waals surface area (Å²) in [5, 5.41) is 15.9. The van der Waals surface area contributed by atoms with Gasteiger partial charge in [-0.1, -0.05) is 12.1 Å². The maximum Gasteiger partial charge on any atom is 0.311 e. The largest absolute Gasteiger partial charge is 0.501 e. The Kier molecular flexibility index (Phi) is 6.35. The van der Waals surface area contributed by atoms with Crippen molar-refractivity contribution in [2.45, 2.75) is 51.2 Å². The lowest BCUT2D eigenvalue weighted by atomic mass is 9.94. The van der Waals surface area contributed by atoms with Crippen molar-refractivity contribution in [3.8, 4) is 5.75 Å². The Morgan fingerprint density at radius 1 is 1.29 bits per heavy atom. The van der Waals surface area contributed by atoms with E-state index >= 15 is 0 Å². The van der Waals surface area contributed by atoms with Crippen molar-refractivity contribution in [1.82, 2.24) is 25.1 Å². The summed E-state index contributed by atoms with van der Waals surface area (Å²) in [6, 6.07) is 4.39. The molecule has 2 atom stereocenters. The SMILES string of the molecule is Cc1cc(CNC(=O)c2nc3n(c(=O)c2O)CC[C@@H]2CC[C@@]3(NC(=O)C(=O)N(C)C)C2)ccc1F. The molecule has 0 unspecified atom stereocenters. The molecule has 186 valence electrons. The summed E-state index contributed by atoms with van der Waals surface area (Å²) in [7, 11) is 2.92. The molecular weight excluding hydrogens is 457 g/mol. The van der Waals surface area contributed by atoms with E-state index in [0.717, 1.165) is 11.3 Å². The van der Waals surface area contributed by atoms with E-state index in [9.17, 15) is 28.7 Å². The molecule has 2 bridgehead atoms. The zero-order valence-electron chi connectivity index (χ0n) is 19.9. The van der Waals surface area contributed by atoms with Crippen molar-refractivity contribution in [1.29, 1.82) is 0 Å². The summed E-state index contributed by atoms with van der Waals surface area (Å²) in [6.45, 7) is 1.90. The molecular formula is C24H28FN5O5. The zero-order chi connectivity index (χ0) is 25.5. The molecule has 3 N–H and O–H groups in total. The number of hydrogen-bond acceptors (Lipinski definition) is 6. The number of aromatic hydroxyl groups is 1. The fourth-order valence-electron chi connectivity index (χ4n) is 4.91. The number of nitrogens with one attached hydrogen (secondary N) is 2. The molecule has 4 rings (SSSR count). The van der Waals surface area contributed by atoms with Crippen molar-refractivity contribution in [3.05, 3.63) is 57.0 Å². The summed E-state index contributed by atoms with van der Waals surface area (Å²) >= 11 is 0. The van der Waals surface area contributed by atoms with Gasteiger partial charge in [0.1, 0.15) is 11.6 Å². The van der Waals surface area contributed by atoms with Gasteiger partial charge in [-0.25, -0.2) is 9.37 Å². The number of likely N-dealkylation sites (N-methyl/N-ethyl adjacent to an activating group) is 1. The molecule has 0 saturated heterocycles. The molecule has 1 aromatic carbocycles. The molecule has 2 aliphatic rings. The Morgan fingerprint density at radius 2 is 2.03 bits per heavy atom. The quantitative estimate of drug-likeness (QED) is 0.552. The second-order valence-corrected chi connectivity index (χ2v) is 9.49. The first-order valence-corrected chi connectivity index (χ1v) is 11.4. The molecule has 10 nitrogen and oxygen atoms in total. The average molecular weight is 486 g/mol. The summed E-state index contributed by atoms with van der Waals surface area (Å²) in [4.78, 5) is 56.5. The predicted octanol–water partition coefficient (Wildman–Crippen LogP) is 0.930. The van der Waals surface area contributed by atoms with Crippen LogP contribution < -0.4 is 16.2 Å². The molecule has 0 radical (unpaired) electrons. The molecule has 3 amide bonds. The molecule has 11 heteroatoms. The van der Waals surface area contributed by atoms with Gasteiger partial charge in [0.25, 0.3) is 11.5 Å². The molecule has 1 saturated carbocycles. The smallest absolute Gasteiger partial charge is 0.311 e. The number of carbonyl (C=O) groups excluding carboxylic acids is 3. The number of fused-ring (bicyclic) bond motifs is 4. The highest BCUT2D eigenvalue weighted by Crippen LogP contribution is 2.45. The van der Waals surface area contributed by atoms with E-state index in [-0.39, 0.29) is 30.6 Å². The van der Waals surface area contributed by atoms with Crippen molar-refractivity contribution in [2.24, 2.45) is 5.92 Å². The Labute approximate surface area is 201 Å². The Hall–Kier alpha value is -3.76. The van der Waals surface area contributed by atoms with Crippen molar-refractivity contribution in [2.75, 3.05) is 14.1 Å². The topological polar surface area (TPSA) is 134 Å². The Balaban J connectivity index is 1.69. The number of rotatable bonds is 4. The van der Waals surface area contributed by atoms with Crippen LogP contribution in [0.1, 0.15) is 53.1 Å². The van der Waals surface area contributed by atoms with Gasteiger partial charge in [-0.2, -0.15) is 0 Å². The molecule has 1 aromatic heterocycles. The van der Waals surface area contributed by atoms with Crippen LogP contribution in [0.25, 0.3) is 0 Å². The van der Waals surface area contributed by atoms with Gasteiger partial charge >= 0.3 is 11.8 Å². The van der Waals surface area contributed by atoms with Crippen LogP contribution in [0.15, 0.2) is 23.0 Å². The molecule has 2 heterocycles. The van der Waals surface area contributed by atoms with Crippen LogP contribution in [-0.4, -0.2) is 51.4 Å². The summed E-state index contributed by atoms with van der Waals surface area (Å²) in [5.74, 6) is -3.17. The van der Waals surface area contributed by atoms with Gasteiger partial charge in [-0.15, -0.1) is 0 Å². The fraction of sp³-hybridized carbons (Fsp3) is 0.458. The van der Waals surface area contributed by atoms with Gasteiger partial charge in [0.2, 0.25) is 5.75 Å². The van der Waals surface area contributed by atoms with Crippen LogP contribution in [0.3, 0.4) is 0 Å². The lowest BCUT2D eigenvalue weighted by Gasteiger charge is -2.31. The van der Waals surface area contributed by atoms with Gasteiger partial charge < -0.3 is 20.6 Å². The van der Waals surface area contributed by atoms with Crippen molar-refractivity contribution in [3.63, 3.8) is 0 Å². The first-order valence-electron chi connectivity index (χ1n) is 11.4. The van der Waals surface area contributed by atoms with Crippen LogP contribution in [0.4, 0.5) is 4.39 Å². The number of carbonyl (C=O) groups is 3. The molecule has 1 fully saturated rings. The van der Waals surface area contributed by atoms with Gasteiger partial charge in [0.05, 0.1) is 5.54 Å². The van der Waals surface area contributed by atoms with Crippen LogP contribution >= 0.6 is 0 Å². The van der Waals surface area contributed by atoms with E-state index in [0.29, 0.717) is 30.4 Å². The first kappa shape index (κ1) is 24.4. The minimum absolute atomic E-state index is 0.0286. The van der Waals surface area contributed by atoms with Gasteiger partial charge in [-0.3, -0.25) is 23.7 Å². The van der Waals surface area contributed by atoms with Gasteiger partial charge in [0.15, 0.2) is 5.69 Å². The Morgan fingerprint density at radius 3 is 2.71 bits per heavy atom. The maximum absolute atomic E-state index is 13.5. The first-order chi connectivity index (χ1) is 16.5. The molecule has 35 heavy (non-hydrogen) atoms. The van der Waals surface area contributed by atoms with E-state index in [1.807, 2.05) is 0 Å². The number of nitrogens with zero attached hydrogens (tertiary/aromatic N) is 3. The van der Waals surface area contributed by atoms with E-state index < -0.39 is 40.3 Å². The normalized spacial score (nSPS) is 20.5. The number of hydrogen-bond donors (Lipinski definition) is 3. The van der Waals surface area contributed by atoms with Gasteiger partial charge in [0, 0.05) is 27.2 Å².